The number of carbonyl (C=O) groups excluding carboxylic acids is 3. The second kappa shape index (κ2) is 9.66. The third kappa shape index (κ3) is 4.01. The Balaban J connectivity index is 1.37. The van der Waals surface area contributed by atoms with Crippen LogP contribution in [0.5, 0.6) is 0 Å². The van der Waals surface area contributed by atoms with E-state index in [1.54, 1.807) is 4.90 Å². The quantitative estimate of drug-likeness (QED) is 0.535. The molecule has 5 atom stereocenters. The maximum Gasteiger partial charge on any atom is 0.246 e. The summed E-state index contributed by atoms with van der Waals surface area (Å²) in [5.74, 6) is -1.83. The zero-order valence-corrected chi connectivity index (χ0v) is 19.6. The topological polar surface area (TPSA) is 108 Å². The van der Waals surface area contributed by atoms with E-state index in [1.165, 1.54) is 6.42 Å². The molecule has 3 N–H and O–H groups in total. The molecule has 1 aromatic rings. The number of likely N-dealkylation sites (tertiary alicyclic amines) is 1. The monoisotopic (exact) mass is 469 g/mol. The van der Waals surface area contributed by atoms with Gasteiger partial charge in [-0.2, -0.15) is 0 Å². The predicted molar refractivity (Wildman–Crippen MR) is 124 cm³/mol. The first-order valence-corrected chi connectivity index (χ1v) is 12.8. The number of fused-ring (bicyclic) bond motifs is 1. The van der Waals surface area contributed by atoms with Crippen LogP contribution >= 0.6 is 0 Å². The molecule has 4 aliphatic rings. The van der Waals surface area contributed by atoms with Crippen molar-refractivity contribution in [3.05, 3.63) is 35.9 Å². The Morgan fingerprint density at radius 1 is 1.09 bits per heavy atom. The molecule has 1 saturated carbocycles. The van der Waals surface area contributed by atoms with E-state index in [9.17, 15) is 19.5 Å². The van der Waals surface area contributed by atoms with Crippen molar-refractivity contribution >= 4 is 17.7 Å². The van der Waals surface area contributed by atoms with Crippen LogP contribution in [0, 0.1) is 11.8 Å². The highest BCUT2D eigenvalue weighted by molar-refractivity contribution is 5.99. The SMILES string of the molecule is O=C(NC1CCCCC1)C1N(CCCO)C(=O)[C@@H]2[C@H](C(=O)NCc3ccccc3)[C@@H]3CCC12O3. The van der Waals surface area contributed by atoms with Gasteiger partial charge in [0.2, 0.25) is 17.7 Å². The summed E-state index contributed by atoms with van der Waals surface area (Å²) in [6.45, 7) is 0.599. The maximum absolute atomic E-state index is 13.7. The van der Waals surface area contributed by atoms with E-state index in [4.69, 9.17) is 4.74 Å². The molecule has 1 spiro atoms. The highest BCUT2D eigenvalue weighted by atomic mass is 16.5. The van der Waals surface area contributed by atoms with E-state index in [0.29, 0.717) is 25.8 Å². The van der Waals surface area contributed by atoms with Crippen molar-refractivity contribution in [3.8, 4) is 0 Å². The van der Waals surface area contributed by atoms with Gasteiger partial charge in [-0.15, -0.1) is 0 Å². The molecule has 184 valence electrons. The first-order valence-electron chi connectivity index (χ1n) is 12.8. The Hall–Kier alpha value is -2.45. The van der Waals surface area contributed by atoms with Crippen LogP contribution in [0.3, 0.4) is 0 Å². The van der Waals surface area contributed by atoms with E-state index in [1.807, 2.05) is 30.3 Å². The van der Waals surface area contributed by atoms with Crippen molar-refractivity contribution in [2.75, 3.05) is 13.2 Å². The fourth-order valence-electron chi connectivity index (χ4n) is 6.67. The molecule has 0 radical (unpaired) electrons. The van der Waals surface area contributed by atoms with Gasteiger partial charge in [-0.05, 0) is 37.7 Å². The van der Waals surface area contributed by atoms with E-state index in [2.05, 4.69) is 10.6 Å². The molecule has 8 heteroatoms. The summed E-state index contributed by atoms with van der Waals surface area (Å²) in [7, 11) is 0. The smallest absolute Gasteiger partial charge is 0.246 e. The van der Waals surface area contributed by atoms with Crippen molar-refractivity contribution < 1.29 is 24.2 Å². The minimum Gasteiger partial charge on any atom is -0.396 e. The Morgan fingerprint density at radius 3 is 2.59 bits per heavy atom. The van der Waals surface area contributed by atoms with Crippen molar-refractivity contribution in [1.82, 2.24) is 15.5 Å². The van der Waals surface area contributed by atoms with Crippen molar-refractivity contribution in [3.63, 3.8) is 0 Å². The molecule has 1 aliphatic carbocycles. The maximum atomic E-state index is 13.7. The molecule has 0 aromatic heterocycles. The lowest BCUT2D eigenvalue weighted by Crippen LogP contribution is -2.57. The number of ether oxygens (including phenoxy) is 1. The number of amides is 3. The molecule has 34 heavy (non-hydrogen) atoms. The van der Waals surface area contributed by atoms with Crippen LogP contribution in [0.25, 0.3) is 0 Å². The Bertz CT molecular complexity index is 918. The highest BCUT2D eigenvalue weighted by Crippen LogP contribution is 2.58. The first-order chi connectivity index (χ1) is 16.5. The second-order valence-electron chi connectivity index (χ2n) is 10.2. The van der Waals surface area contributed by atoms with Gasteiger partial charge in [0, 0.05) is 25.7 Å². The summed E-state index contributed by atoms with van der Waals surface area (Å²) >= 11 is 0. The summed E-state index contributed by atoms with van der Waals surface area (Å²) in [4.78, 5) is 42.2. The summed E-state index contributed by atoms with van der Waals surface area (Å²) < 4.78 is 6.43. The molecule has 3 heterocycles. The molecule has 2 bridgehead atoms. The Kier molecular flexibility index (Phi) is 6.62. The van der Waals surface area contributed by atoms with Crippen molar-refractivity contribution in [2.24, 2.45) is 11.8 Å². The molecule has 1 aromatic carbocycles. The lowest BCUT2D eigenvalue weighted by Gasteiger charge is -2.35. The van der Waals surface area contributed by atoms with Gasteiger partial charge in [0.05, 0.1) is 17.9 Å². The van der Waals surface area contributed by atoms with E-state index < -0.39 is 23.5 Å². The Labute approximate surface area is 200 Å². The van der Waals surface area contributed by atoms with Crippen LogP contribution in [0.2, 0.25) is 0 Å². The highest BCUT2D eigenvalue weighted by Gasteiger charge is 2.74. The van der Waals surface area contributed by atoms with Crippen molar-refractivity contribution in [2.45, 2.75) is 81.7 Å². The molecule has 5 rings (SSSR count). The predicted octanol–water partition coefficient (Wildman–Crippen LogP) is 1.51. The second-order valence-corrected chi connectivity index (χ2v) is 10.2. The molecule has 4 fully saturated rings. The average Bonchev–Trinajstić information content (AvgIpc) is 3.50. The van der Waals surface area contributed by atoms with E-state index >= 15 is 0 Å². The molecular weight excluding hydrogens is 434 g/mol. The molecule has 3 aliphatic heterocycles. The zero-order chi connectivity index (χ0) is 23.7. The van der Waals surface area contributed by atoms with Crippen LogP contribution < -0.4 is 10.6 Å². The fraction of sp³-hybridized carbons (Fsp3) is 0.654. The molecule has 2 unspecified atom stereocenters. The summed E-state index contributed by atoms with van der Waals surface area (Å²) in [6, 6.07) is 9.03. The minimum absolute atomic E-state index is 0.0666. The van der Waals surface area contributed by atoms with Gasteiger partial charge in [0.1, 0.15) is 11.6 Å². The third-order valence-electron chi connectivity index (χ3n) is 8.17. The molecule has 3 amide bonds. The third-order valence-corrected chi connectivity index (χ3v) is 8.17. The normalized spacial score (nSPS) is 32.6. The summed E-state index contributed by atoms with van der Waals surface area (Å²) in [5.41, 5.74) is 0.0201. The number of rotatable bonds is 8. The van der Waals surface area contributed by atoms with E-state index in [-0.39, 0.29) is 43.0 Å². The lowest BCUT2D eigenvalue weighted by atomic mass is 9.70. The number of hydrogen-bond acceptors (Lipinski definition) is 5. The van der Waals surface area contributed by atoms with Crippen molar-refractivity contribution in [1.29, 1.82) is 0 Å². The van der Waals surface area contributed by atoms with Gasteiger partial charge in [0.15, 0.2) is 0 Å². The van der Waals surface area contributed by atoms with E-state index in [0.717, 1.165) is 31.2 Å². The van der Waals surface area contributed by atoms with Gasteiger partial charge < -0.3 is 25.4 Å². The molecule has 3 saturated heterocycles. The standard InChI is InChI=1S/C26H35N3O5/c30-15-7-14-29-22(24(32)28-18-10-5-2-6-11-18)26-13-12-19(34-26)20(21(26)25(29)33)23(31)27-16-17-8-3-1-4-9-17/h1,3-4,8-9,18-22,30H,2,5-7,10-16H2,(H,27,31)(H,28,32)/t19-,20+,21-,22?,26?/m0/s1. The van der Waals surface area contributed by atoms with Crippen LogP contribution in [0.4, 0.5) is 0 Å². The van der Waals surface area contributed by atoms with Crippen LogP contribution in [0.1, 0.15) is 56.9 Å². The van der Waals surface area contributed by atoms with Gasteiger partial charge >= 0.3 is 0 Å². The summed E-state index contributed by atoms with van der Waals surface area (Å²) in [5, 5.41) is 15.6. The number of nitrogens with one attached hydrogen (secondary N) is 2. The number of hydrogen-bond donors (Lipinski definition) is 3. The van der Waals surface area contributed by atoms with Crippen LogP contribution in [-0.2, 0) is 25.7 Å². The summed E-state index contributed by atoms with van der Waals surface area (Å²) in [6.07, 6.45) is 6.57. The zero-order valence-electron chi connectivity index (χ0n) is 19.6. The number of aliphatic hydroxyl groups excluding tert-OH is 1. The van der Waals surface area contributed by atoms with Crippen LogP contribution in [-0.4, -0.2) is 64.7 Å². The fourth-order valence-corrected chi connectivity index (χ4v) is 6.67. The minimum atomic E-state index is -0.968. The number of benzene rings is 1. The first kappa shape index (κ1) is 23.3. The molecular formula is C26H35N3O5. The van der Waals surface area contributed by atoms with Gasteiger partial charge in [-0.3, -0.25) is 14.4 Å². The van der Waals surface area contributed by atoms with Gasteiger partial charge in [0.25, 0.3) is 0 Å². The molecule has 8 nitrogen and oxygen atoms in total. The van der Waals surface area contributed by atoms with Gasteiger partial charge in [-0.25, -0.2) is 0 Å². The Morgan fingerprint density at radius 2 is 1.85 bits per heavy atom. The number of aliphatic hydroxyl groups is 1. The average molecular weight is 470 g/mol. The largest absolute Gasteiger partial charge is 0.396 e. The van der Waals surface area contributed by atoms with Crippen LogP contribution in [0.15, 0.2) is 30.3 Å². The number of carbonyl (C=O) groups is 3. The number of nitrogens with zero attached hydrogens (tertiary/aromatic N) is 1. The lowest BCUT2D eigenvalue weighted by molar-refractivity contribution is -0.142. The van der Waals surface area contributed by atoms with Gasteiger partial charge in [-0.1, -0.05) is 49.6 Å².